The van der Waals surface area contributed by atoms with Crippen molar-refractivity contribution in [2.24, 2.45) is 0 Å². The van der Waals surface area contributed by atoms with Crippen molar-refractivity contribution in [2.75, 3.05) is 25.6 Å². The second kappa shape index (κ2) is 8.70. The van der Waals surface area contributed by atoms with Crippen molar-refractivity contribution in [1.82, 2.24) is 0 Å². The molecule has 0 spiro atoms. The Balaban J connectivity index is 2.37. The van der Waals surface area contributed by atoms with E-state index in [0.29, 0.717) is 17.0 Å². The molecule has 2 aromatic rings. The first-order valence-electron chi connectivity index (χ1n) is 8.03. The quantitative estimate of drug-likeness (QED) is 0.570. The molecule has 0 bridgehead atoms. The summed E-state index contributed by atoms with van der Waals surface area (Å²) in [5.74, 6) is 0.505. The van der Waals surface area contributed by atoms with Gasteiger partial charge in [0.2, 0.25) is 0 Å². The lowest BCUT2D eigenvalue weighted by Gasteiger charge is -2.14. The lowest BCUT2D eigenvalue weighted by molar-refractivity contribution is -0.385. The molecular formula is C18H20N2O6. The monoisotopic (exact) mass is 360 g/mol. The van der Waals surface area contributed by atoms with Gasteiger partial charge in [0.1, 0.15) is 11.5 Å². The topological polar surface area (TPSA) is 99.9 Å². The summed E-state index contributed by atoms with van der Waals surface area (Å²) >= 11 is 0. The number of methoxy groups -OCH3 is 1. The summed E-state index contributed by atoms with van der Waals surface area (Å²) < 4.78 is 15.8. The van der Waals surface area contributed by atoms with E-state index in [9.17, 15) is 14.9 Å². The summed E-state index contributed by atoms with van der Waals surface area (Å²) in [7, 11) is 1.54. The van der Waals surface area contributed by atoms with Crippen LogP contribution in [-0.2, 0) is 0 Å². The number of ether oxygens (including phenoxy) is 3. The van der Waals surface area contributed by atoms with Crippen molar-refractivity contribution in [2.45, 2.75) is 13.8 Å². The minimum atomic E-state index is -0.553. The van der Waals surface area contributed by atoms with Crippen LogP contribution in [0.4, 0.5) is 11.4 Å². The van der Waals surface area contributed by atoms with Crippen LogP contribution >= 0.6 is 0 Å². The van der Waals surface area contributed by atoms with Crippen LogP contribution in [0.5, 0.6) is 17.2 Å². The number of rotatable bonds is 8. The Hall–Kier alpha value is -3.29. The van der Waals surface area contributed by atoms with Crippen molar-refractivity contribution in [1.29, 1.82) is 0 Å². The Kier molecular flexibility index (Phi) is 6.37. The van der Waals surface area contributed by atoms with Crippen LogP contribution in [0.25, 0.3) is 0 Å². The van der Waals surface area contributed by atoms with Crippen LogP contribution < -0.4 is 19.5 Å². The molecule has 0 aliphatic carbocycles. The molecule has 2 aromatic carbocycles. The zero-order valence-electron chi connectivity index (χ0n) is 14.8. The zero-order valence-corrected chi connectivity index (χ0v) is 14.8. The van der Waals surface area contributed by atoms with Gasteiger partial charge in [-0.3, -0.25) is 14.9 Å². The van der Waals surface area contributed by atoms with E-state index in [1.54, 1.807) is 38.1 Å². The summed E-state index contributed by atoms with van der Waals surface area (Å²) in [6, 6.07) is 9.21. The van der Waals surface area contributed by atoms with Gasteiger partial charge in [-0.1, -0.05) is 0 Å². The highest BCUT2D eigenvalue weighted by Gasteiger charge is 2.21. The molecule has 1 N–H and O–H groups in total. The van der Waals surface area contributed by atoms with E-state index in [-0.39, 0.29) is 36.3 Å². The van der Waals surface area contributed by atoms with Gasteiger partial charge < -0.3 is 19.5 Å². The van der Waals surface area contributed by atoms with Crippen molar-refractivity contribution >= 4 is 17.3 Å². The van der Waals surface area contributed by atoms with Gasteiger partial charge >= 0.3 is 5.69 Å². The molecule has 1 amide bonds. The SMILES string of the molecule is CCOc1cc([N+](=O)[O-])c(OCC)cc1NC(=O)c1ccc(OC)cc1. The number of carbonyl (C=O) groups is 1. The average Bonchev–Trinajstić information content (AvgIpc) is 2.63. The van der Waals surface area contributed by atoms with E-state index in [1.165, 1.54) is 19.2 Å². The maximum Gasteiger partial charge on any atom is 0.314 e. The summed E-state index contributed by atoms with van der Waals surface area (Å²) in [5.41, 5.74) is 0.476. The van der Waals surface area contributed by atoms with Gasteiger partial charge in [0.25, 0.3) is 5.91 Å². The van der Waals surface area contributed by atoms with E-state index < -0.39 is 4.92 Å². The lowest BCUT2D eigenvalue weighted by atomic mass is 10.2. The maximum atomic E-state index is 12.5. The second-order valence-electron chi connectivity index (χ2n) is 5.12. The van der Waals surface area contributed by atoms with E-state index in [1.807, 2.05) is 0 Å². The molecule has 0 aliphatic rings. The van der Waals surface area contributed by atoms with Crippen LogP contribution in [0, 0.1) is 10.1 Å². The molecule has 8 nitrogen and oxygen atoms in total. The van der Waals surface area contributed by atoms with Gasteiger partial charge in [-0.2, -0.15) is 0 Å². The number of amides is 1. The normalized spacial score (nSPS) is 10.1. The van der Waals surface area contributed by atoms with E-state index >= 15 is 0 Å². The number of anilines is 1. The van der Waals surface area contributed by atoms with E-state index in [0.717, 1.165) is 0 Å². The number of nitrogens with one attached hydrogen (secondary N) is 1. The molecule has 0 atom stereocenters. The molecule has 0 heterocycles. The molecule has 26 heavy (non-hydrogen) atoms. The number of nitro benzene ring substituents is 1. The average molecular weight is 360 g/mol. The predicted octanol–water partition coefficient (Wildman–Crippen LogP) is 3.65. The minimum absolute atomic E-state index is 0.0611. The molecule has 8 heteroatoms. The van der Waals surface area contributed by atoms with Crippen LogP contribution in [0.15, 0.2) is 36.4 Å². The fraction of sp³-hybridized carbons (Fsp3) is 0.278. The van der Waals surface area contributed by atoms with Gasteiger partial charge in [-0.25, -0.2) is 0 Å². The fourth-order valence-corrected chi connectivity index (χ4v) is 2.27. The number of hydrogen-bond donors (Lipinski definition) is 1. The van der Waals surface area contributed by atoms with Crippen LogP contribution in [-0.4, -0.2) is 31.2 Å². The van der Waals surface area contributed by atoms with Gasteiger partial charge in [-0.15, -0.1) is 0 Å². The van der Waals surface area contributed by atoms with Gasteiger partial charge in [0, 0.05) is 11.6 Å². The van der Waals surface area contributed by atoms with Gasteiger partial charge in [0.15, 0.2) is 5.75 Å². The third-order valence-corrected chi connectivity index (χ3v) is 3.46. The molecule has 0 saturated heterocycles. The highest BCUT2D eigenvalue weighted by atomic mass is 16.6. The summed E-state index contributed by atoms with van der Waals surface area (Å²) in [6.07, 6.45) is 0. The van der Waals surface area contributed by atoms with Crippen LogP contribution in [0.3, 0.4) is 0 Å². The molecule has 0 fully saturated rings. The molecule has 0 saturated carbocycles. The summed E-state index contributed by atoms with van der Waals surface area (Å²) in [4.78, 5) is 23.2. The number of nitro groups is 1. The number of hydrogen-bond acceptors (Lipinski definition) is 6. The van der Waals surface area contributed by atoms with Gasteiger partial charge in [-0.05, 0) is 38.1 Å². The van der Waals surface area contributed by atoms with E-state index in [2.05, 4.69) is 5.32 Å². The van der Waals surface area contributed by atoms with Crippen molar-refractivity contribution in [3.05, 3.63) is 52.1 Å². The number of carbonyl (C=O) groups excluding carboxylic acids is 1. The molecule has 0 aliphatic heterocycles. The zero-order chi connectivity index (χ0) is 19.1. The lowest BCUT2D eigenvalue weighted by Crippen LogP contribution is -2.13. The van der Waals surface area contributed by atoms with Crippen LogP contribution in [0.1, 0.15) is 24.2 Å². The first kappa shape index (κ1) is 19.0. The summed E-state index contributed by atoms with van der Waals surface area (Å²) in [5, 5.41) is 13.9. The Morgan fingerprint density at radius 2 is 1.69 bits per heavy atom. The molecule has 0 unspecified atom stereocenters. The largest absolute Gasteiger partial charge is 0.497 e. The van der Waals surface area contributed by atoms with Gasteiger partial charge in [0.05, 0.1) is 37.0 Å². The standard InChI is InChI=1S/C18H20N2O6/c1-4-25-16-11-15(20(22)23)17(26-5-2)10-14(16)19-18(21)12-6-8-13(24-3)9-7-12/h6-11H,4-5H2,1-3H3,(H,19,21). The Morgan fingerprint density at radius 1 is 1.08 bits per heavy atom. The molecular weight excluding hydrogens is 340 g/mol. The highest BCUT2D eigenvalue weighted by molar-refractivity contribution is 6.05. The van der Waals surface area contributed by atoms with Crippen molar-refractivity contribution in [3.63, 3.8) is 0 Å². The Bertz CT molecular complexity index is 789. The molecule has 0 aromatic heterocycles. The third kappa shape index (κ3) is 4.41. The third-order valence-electron chi connectivity index (χ3n) is 3.46. The van der Waals surface area contributed by atoms with Crippen LogP contribution in [0.2, 0.25) is 0 Å². The molecule has 0 radical (unpaired) electrons. The Morgan fingerprint density at radius 3 is 2.23 bits per heavy atom. The first-order chi connectivity index (χ1) is 12.5. The number of nitrogens with zero attached hydrogens (tertiary/aromatic N) is 1. The highest BCUT2D eigenvalue weighted by Crippen LogP contribution is 2.38. The Labute approximate surface area is 150 Å². The number of benzene rings is 2. The molecule has 138 valence electrons. The molecule has 2 rings (SSSR count). The second-order valence-corrected chi connectivity index (χ2v) is 5.12. The van der Waals surface area contributed by atoms with E-state index in [4.69, 9.17) is 14.2 Å². The van der Waals surface area contributed by atoms with Crippen molar-refractivity contribution < 1.29 is 23.9 Å². The first-order valence-corrected chi connectivity index (χ1v) is 8.03. The minimum Gasteiger partial charge on any atom is -0.497 e. The summed E-state index contributed by atoms with van der Waals surface area (Å²) in [6.45, 7) is 4.00. The predicted molar refractivity (Wildman–Crippen MR) is 96.4 cm³/mol. The smallest absolute Gasteiger partial charge is 0.314 e. The van der Waals surface area contributed by atoms with Crippen molar-refractivity contribution in [3.8, 4) is 17.2 Å². The fourth-order valence-electron chi connectivity index (χ4n) is 2.27. The maximum absolute atomic E-state index is 12.5.